The molecule has 118 valence electrons. The highest BCUT2D eigenvalue weighted by atomic mass is 15.0. The highest BCUT2D eigenvalue weighted by molar-refractivity contribution is 5.36. The molecule has 1 N–H and O–H groups in total. The number of hydrogen-bond donors (Lipinski definition) is 1. The van der Waals surface area contributed by atoms with Crippen LogP contribution in [0.1, 0.15) is 70.8 Å². The molecule has 1 heterocycles. The molecular weight excluding hydrogens is 258 g/mol. The van der Waals surface area contributed by atoms with Crippen LogP contribution >= 0.6 is 0 Å². The average molecular weight is 289 g/mol. The van der Waals surface area contributed by atoms with Gasteiger partial charge in [-0.15, -0.1) is 0 Å². The van der Waals surface area contributed by atoms with Crippen LogP contribution in [0.3, 0.4) is 0 Å². The van der Waals surface area contributed by atoms with Gasteiger partial charge in [-0.25, -0.2) is 9.97 Å². The summed E-state index contributed by atoms with van der Waals surface area (Å²) >= 11 is 0. The predicted molar refractivity (Wildman–Crippen MR) is 89.7 cm³/mol. The van der Waals surface area contributed by atoms with Crippen LogP contribution in [0.15, 0.2) is 6.07 Å². The molecule has 0 amide bonds. The first-order chi connectivity index (χ1) is 9.99. The number of hydrogen-bond acceptors (Lipinski definition) is 3. The Balaban J connectivity index is 2.12. The molecule has 3 heteroatoms. The number of nitrogens with one attached hydrogen (secondary N) is 1. The Morgan fingerprint density at radius 3 is 2.29 bits per heavy atom. The molecule has 1 aromatic rings. The summed E-state index contributed by atoms with van der Waals surface area (Å²) in [6.07, 6.45) is 6.18. The van der Waals surface area contributed by atoms with Crippen LogP contribution in [0.5, 0.6) is 0 Å². The first-order valence-corrected chi connectivity index (χ1v) is 8.55. The van der Waals surface area contributed by atoms with Gasteiger partial charge in [0.05, 0.1) is 0 Å². The zero-order chi connectivity index (χ0) is 15.4. The van der Waals surface area contributed by atoms with Crippen molar-refractivity contribution in [2.24, 2.45) is 17.8 Å². The normalized spacial score (nSPS) is 22.8. The molecule has 0 aliphatic heterocycles. The van der Waals surface area contributed by atoms with E-state index in [-0.39, 0.29) is 0 Å². The van der Waals surface area contributed by atoms with Crippen LogP contribution in [0.25, 0.3) is 0 Å². The number of rotatable bonds is 5. The third kappa shape index (κ3) is 4.42. The molecule has 1 saturated carbocycles. The molecule has 0 radical (unpaired) electrons. The lowest BCUT2D eigenvalue weighted by Crippen LogP contribution is -2.19. The van der Waals surface area contributed by atoms with Gasteiger partial charge in [-0.05, 0) is 49.9 Å². The zero-order valence-corrected chi connectivity index (χ0v) is 14.3. The Morgan fingerprint density at radius 2 is 1.76 bits per heavy atom. The molecule has 1 fully saturated rings. The molecule has 2 rings (SSSR count). The topological polar surface area (TPSA) is 37.8 Å². The van der Waals surface area contributed by atoms with Crippen molar-refractivity contribution in [1.82, 2.24) is 9.97 Å². The highest BCUT2D eigenvalue weighted by Crippen LogP contribution is 2.37. The zero-order valence-electron chi connectivity index (χ0n) is 14.3. The Labute approximate surface area is 130 Å². The van der Waals surface area contributed by atoms with Crippen LogP contribution in [0.4, 0.5) is 5.82 Å². The minimum atomic E-state index is 0.555. The molecule has 0 aromatic carbocycles. The van der Waals surface area contributed by atoms with Gasteiger partial charge in [-0.2, -0.15) is 0 Å². The summed E-state index contributed by atoms with van der Waals surface area (Å²) in [5.74, 6) is 4.94. The smallest absolute Gasteiger partial charge is 0.134 e. The molecule has 1 aromatic heterocycles. The van der Waals surface area contributed by atoms with Gasteiger partial charge in [0.25, 0.3) is 0 Å². The Bertz CT molecular complexity index is 446. The fourth-order valence-corrected chi connectivity index (χ4v) is 3.40. The van der Waals surface area contributed by atoms with Crippen molar-refractivity contribution < 1.29 is 0 Å². The van der Waals surface area contributed by atoms with Gasteiger partial charge in [0, 0.05) is 24.7 Å². The first-order valence-electron chi connectivity index (χ1n) is 8.55. The quantitative estimate of drug-likeness (QED) is 0.857. The minimum absolute atomic E-state index is 0.555. The van der Waals surface area contributed by atoms with Gasteiger partial charge >= 0.3 is 0 Å². The van der Waals surface area contributed by atoms with Crippen LogP contribution in [0, 0.1) is 17.8 Å². The van der Waals surface area contributed by atoms with Crippen molar-refractivity contribution in [3.05, 3.63) is 17.6 Å². The van der Waals surface area contributed by atoms with Crippen molar-refractivity contribution in [1.29, 1.82) is 0 Å². The van der Waals surface area contributed by atoms with E-state index in [1.54, 1.807) is 0 Å². The first kappa shape index (κ1) is 16.3. The third-order valence-corrected chi connectivity index (χ3v) is 4.75. The summed E-state index contributed by atoms with van der Waals surface area (Å²) in [7, 11) is 1.95. The van der Waals surface area contributed by atoms with E-state index in [1.165, 1.54) is 31.4 Å². The Morgan fingerprint density at radius 1 is 1.10 bits per heavy atom. The van der Waals surface area contributed by atoms with E-state index in [0.29, 0.717) is 11.8 Å². The maximum absolute atomic E-state index is 4.86. The summed E-state index contributed by atoms with van der Waals surface area (Å²) < 4.78 is 0. The fourth-order valence-electron chi connectivity index (χ4n) is 3.40. The molecule has 0 spiro atoms. The standard InChI is InChI=1S/C18H31N3/c1-12(2)10-16-11-17(19-5)21-18(20-16)15-8-6-14(7-9-15)13(3)4/h11-15H,6-10H2,1-5H3,(H,19,20,21). The fraction of sp³-hybridized carbons (Fsp3) is 0.778. The number of aromatic nitrogens is 2. The molecule has 0 atom stereocenters. The van der Waals surface area contributed by atoms with Gasteiger partial charge < -0.3 is 5.32 Å². The lowest BCUT2D eigenvalue weighted by Gasteiger charge is -2.30. The summed E-state index contributed by atoms with van der Waals surface area (Å²) in [4.78, 5) is 9.59. The maximum atomic E-state index is 4.86. The highest BCUT2D eigenvalue weighted by Gasteiger charge is 2.26. The van der Waals surface area contributed by atoms with Gasteiger partial charge in [0.15, 0.2) is 0 Å². The summed E-state index contributed by atoms with van der Waals surface area (Å²) in [5, 5.41) is 3.20. The second-order valence-electron chi connectivity index (χ2n) is 7.31. The molecule has 1 aliphatic carbocycles. The van der Waals surface area contributed by atoms with Gasteiger partial charge in [0.1, 0.15) is 11.6 Å². The van der Waals surface area contributed by atoms with Crippen molar-refractivity contribution in [2.75, 3.05) is 12.4 Å². The molecular formula is C18H31N3. The van der Waals surface area contributed by atoms with Crippen molar-refractivity contribution in [3.63, 3.8) is 0 Å². The maximum Gasteiger partial charge on any atom is 0.134 e. The lowest BCUT2D eigenvalue weighted by atomic mass is 9.76. The summed E-state index contributed by atoms with van der Waals surface area (Å²) in [5.41, 5.74) is 1.19. The van der Waals surface area contributed by atoms with E-state index >= 15 is 0 Å². The second-order valence-corrected chi connectivity index (χ2v) is 7.31. The monoisotopic (exact) mass is 289 g/mol. The number of anilines is 1. The lowest BCUT2D eigenvalue weighted by molar-refractivity contribution is 0.254. The van der Waals surface area contributed by atoms with Crippen LogP contribution in [-0.2, 0) is 6.42 Å². The van der Waals surface area contributed by atoms with Gasteiger partial charge in [0.2, 0.25) is 0 Å². The molecule has 0 bridgehead atoms. The van der Waals surface area contributed by atoms with Gasteiger partial charge in [-0.3, -0.25) is 0 Å². The molecule has 0 unspecified atom stereocenters. The van der Waals surface area contributed by atoms with E-state index in [1.807, 2.05) is 7.05 Å². The van der Waals surface area contributed by atoms with E-state index < -0.39 is 0 Å². The Hall–Kier alpha value is -1.12. The predicted octanol–water partition coefficient (Wildman–Crippen LogP) is 4.65. The van der Waals surface area contributed by atoms with E-state index in [4.69, 9.17) is 9.97 Å². The van der Waals surface area contributed by atoms with Crippen LogP contribution in [0.2, 0.25) is 0 Å². The van der Waals surface area contributed by atoms with Crippen molar-refractivity contribution in [2.45, 2.75) is 65.7 Å². The van der Waals surface area contributed by atoms with E-state index in [2.05, 4.69) is 39.1 Å². The van der Waals surface area contributed by atoms with Gasteiger partial charge in [-0.1, -0.05) is 27.7 Å². The Kier molecular flexibility index (Phi) is 5.60. The molecule has 1 aliphatic rings. The SMILES string of the molecule is CNc1cc(CC(C)C)nc(C2CCC(C(C)C)CC2)n1. The van der Waals surface area contributed by atoms with Crippen molar-refractivity contribution >= 4 is 5.82 Å². The summed E-state index contributed by atoms with van der Waals surface area (Å²) in [6, 6.07) is 2.10. The van der Waals surface area contributed by atoms with Crippen LogP contribution < -0.4 is 5.32 Å². The third-order valence-electron chi connectivity index (χ3n) is 4.75. The average Bonchev–Trinajstić information content (AvgIpc) is 2.46. The van der Waals surface area contributed by atoms with E-state index in [9.17, 15) is 0 Å². The summed E-state index contributed by atoms with van der Waals surface area (Å²) in [6.45, 7) is 9.19. The van der Waals surface area contributed by atoms with Crippen LogP contribution in [-0.4, -0.2) is 17.0 Å². The minimum Gasteiger partial charge on any atom is -0.373 e. The van der Waals surface area contributed by atoms with Crippen molar-refractivity contribution in [3.8, 4) is 0 Å². The molecule has 3 nitrogen and oxygen atoms in total. The molecule has 0 saturated heterocycles. The number of nitrogens with zero attached hydrogens (tertiary/aromatic N) is 2. The second kappa shape index (κ2) is 7.24. The van der Waals surface area contributed by atoms with E-state index in [0.717, 1.165) is 29.9 Å². The largest absolute Gasteiger partial charge is 0.373 e. The molecule has 21 heavy (non-hydrogen) atoms.